The maximum absolute atomic E-state index is 11.1. The first-order chi connectivity index (χ1) is 7.58. The highest BCUT2D eigenvalue weighted by atomic mass is 79.9. The van der Waals surface area contributed by atoms with E-state index in [9.17, 15) is 4.79 Å². The topological polar surface area (TPSA) is 52.9 Å². The van der Waals surface area contributed by atoms with E-state index in [2.05, 4.69) is 21.0 Å². The van der Waals surface area contributed by atoms with Crippen LogP contribution in [0.2, 0.25) is 0 Å². The fourth-order valence-corrected chi connectivity index (χ4v) is 2.08. The van der Waals surface area contributed by atoms with E-state index in [0.29, 0.717) is 11.0 Å². The quantitative estimate of drug-likeness (QED) is 0.906. The second-order valence-corrected chi connectivity index (χ2v) is 4.63. The molecule has 84 valence electrons. The molecule has 0 aromatic heterocycles. The summed E-state index contributed by atoms with van der Waals surface area (Å²) >= 11 is 3.24. The average molecular weight is 283 g/mol. The van der Waals surface area contributed by atoms with Crippen molar-refractivity contribution in [2.75, 3.05) is 5.01 Å². The summed E-state index contributed by atoms with van der Waals surface area (Å²) in [6.07, 6.45) is 0.406. The summed E-state index contributed by atoms with van der Waals surface area (Å²) in [5.41, 5.74) is 1.94. The monoisotopic (exact) mass is 282 g/mol. The summed E-state index contributed by atoms with van der Waals surface area (Å²) in [5.74, 6) is -0.862. The standard InChI is InChI=1S/C11H11BrN2O2/c1-7-2-4-8(5-3-7)14-9(11(15)16)6-10(12)13-14/h2-5,9H,6H2,1H3,(H,15,16)/t9-/m0/s1. The van der Waals surface area contributed by atoms with Crippen molar-refractivity contribution in [3.05, 3.63) is 29.8 Å². The number of benzene rings is 1. The Morgan fingerprint density at radius 2 is 2.12 bits per heavy atom. The van der Waals surface area contributed by atoms with Crippen molar-refractivity contribution in [1.82, 2.24) is 0 Å². The van der Waals surface area contributed by atoms with Crippen molar-refractivity contribution in [3.63, 3.8) is 0 Å². The van der Waals surface area contributed by atoms with Crippen LogP contribution in [-0.4, -0.2) is 21.7 Å². The molecule has 1 atom stereocenters. The van der Waals surface area contributed by atoms with Crippen LogP contribution in [0.5, 0.6) is 0 Å². The van der Waals surface area contributed by atoms with Crippen molar-refractivity contribution in [1.29, 1.82) is 0 Å². The summed E-state index contributed by atoms with van der Waals surface area (Å²) < 4.78 is 0.667. The molecule has 1 heterocycles. The molecule has 5 heteroatoms. The van der Waals surface area contributed by atoms with Gasteiger partial charge in [-0.3, -0.25) is 5.01 Å². The van der Waals surface area contributed by atoms with Crippen LogP contribution < -0.4 is 5.01 Å². The molecule has 0 bridgehead atoms. The molecule has 0 amide bonds. The van der Waals surface area contributed by atoms with Crippen molar-refractivity contribution in [2.45, 2.75) is 19.4 Å². The third kappa shape index (κ3) is 2.09. The number of carboxylic acids is 1. The van der Waals surface area contributed by atoms with Crippen LogP contribution in [0, 0.1) is 6.92 Å². The minimum absolute atomic E-state index is 0.406. The summed E-state index contributed by atoms with van der Waals surface area (Å²) in [7, 11) is 0. The van der Waals surface area contributed by atoms with Crippen molar-refractivity contribution in [2.24, 2.45) is 5.10 Å². The molecule has 1 N–H and O–H groups in total. The molecule has 2 rings (SSSR count). The molecule has 1 aliphatic rings. The van der Waals surface area contributed by atoms with Crippen LogP contribution >= 0.6 is 15.9 Å². The molecular formula is C11H11BrN2O2. The number of aliphatic carboxylic acids is 1. The Kier molecular flexibility index (Phi) is 2.96. The molecular weight excluding hydrogens is 272 g/mol. The lowest BCUT2D eigenvalue weighted by atomic mass is 10.2. The highest BCUT2D eigenvalue weighted by Gasteiger charge is 2.32. The van der Waals surface area contributed by atoms with Gasteiger partial charge < -0.3 is 5.11 Å². The third-order valence-electron chi connectivity index (χ3n) is 2.46. The van der Waals surface area contributed by atoms with Crippen molar-refractivity contribution in [3.8, 4) is 0 Å². The van der Waals surface area contributed by atoms with Gasteiger partial charge in [0.1, 0.15) is 4.62 Å². The summed E-state index contributed by atoms with van der Waals surface area (Å²) in [4.78, 5) is 11.1. The number of rotatable bonds is 2. The number of nitrogens with zero attached hydrogens (tertiary/aromatic N) is 2. The zero-order chi connectivity index (χ0) is 11.7. The van der Waals surface area contributed by atoms with E-state index >= 15 is 0 Å². The molecule has 0 saturated heterocycles. The van der Waals surface area contributed by atoms with Crippen LogP contribution in [0.25, 0.3) is 0 Å². The van der Waals surface area contributed by atoms with Gasteiger partial charge in [0.15, 0.2) is 6.04 Å². The van der Waals surface area contributed by atoms with Crippen LogP contribution in [0.3, 0.4) is 0 Å². The van der Waals surface area contributed by atoms with E-state index in [1.165, 1.54) is 5.01 Å². The Hall–Kier alpha value is -1.36. The average Bonchev–Trinajstić information content (AvgIpc) is 2.61. The SMILES string of the molecule is Cc1ccc(N2N=C(Br)C[C@H]2C(=O)O)cc1. The predicted octanol–water partition coefficient (Wildman–Crippen LogP) is 2.37. The number of hydrogen-bond donors (Lipinski definition) is 1. The molecule has 0 saturated carbocycles. The molecule has 1 aliphatic heterocycles. The number of halogens is 1. The van der Waals surface area contributed by atoms with Crippen LogP contribution in [0.4, 0.5) is 5.69 Å². The Balaban J connectivity index is 2.31. The number of carboxylic acid groups (broad SMARTS) is 1. The third-order valence-corrected chi connectivity index (χ3v) is 2.94. The Bertz CT molecular complexity index is 442. The molecule has 0 spiro atoms. The van der Waals surface area contributed by atoms with E-state index in [1.807, 2.05) is 31.2 Å². The van der Waals surface area contributed by atoms with E-state index in [0.717, 1.165) is 11.3 Å². The molecule has 0 aliphatic carbocycles. The number of hydrazone groups is 1. The summed E-state index contributed by atoms with van der Waals surface area (Å²) in [5, 5.41) is 14.8. The fourth-order valence-electron chi connectivity index (χ4n) is 1.60. The lowest BCUT2D eigenvalue weighted by Crippen LogP contribution is -2.34. The Morgan fingerprint density at radius 1 is 1.50 bits per heavy atom. The lowest BCUT2D eigenvalue weighted by molar-refractivity contribution is -0.138. The number of anilines is 1. The molecule has 0 fully saturated rings. The summed E-state index contributed by atoms with van der Waals surface area (Å²) in [6, 6.07) is 7.02. The van der Waals surface area contributed by atoms with Crippen molar-refractivity contribution >= 4 is 32.2 Å². The summed E-state index contributed by atoms with van der Waals surface area (Å²) in [6.45, 7) is 1.99. The van der Waals surface area contributed by atoms with E-state index in [-0.39, 0.29) is 0 Å². The van der Waals surface area contributed by atoms with Crippen LogP contribution in [0.15, 0.2) is 29.4 Å². The largest absolute Gasteiger partial charge is 0.480 e. The number of aryl methyl sites for hydroxylation is 1. The van der Waals surface area contributed by atoms with Gasteiger partial charge in [0.05, 0.1) is 5.69 Å². The van der Waals surface area contributed by atoms with E-state index in [1.54, 1.807) is 0 Å². The second kappa shape index (κ2) is 4.25. The Labute approximate surface area is 102 Å². The molecule has 1 aromatic carbocycles. The lowest BCUT2D eigenvalue weighted by Gasteiger charge is -2.19. The first kappa shape index (κ1) is 11.1. The van der Waals surface area contributed by atoms with Crippen molar-refractivity contribution < 1.29 is 9.90 Å². The smallest absolute Gasteiger partial charge is 0.328 e. The van der Waals surface area contributed by atoms with Crippen LogP contribution in [-0.2, 0) is 4.79 Å². The fraction of sp³-hybridized carbons (Fsp3) is 0.273. The second-order valence-electron chi connectivity index (χ2n) is 3.71. The van der Waals surface area contributed by atoms with Gasteiger partial charge in [0.2, 0.25) is 0 Å². The van der Waals surface area contributed by atoms with Gasteiger partial charge in [0.25, 0.3) is 0 Å². The van der Waals surface area contributed by atoms with Gasteiger partial charge in [-0.05, 0) is 35.0 Å². The van der Waals surface area contributed by atoms with Gasteiger partial charge >= 0.3 is 5.97 Å². The van der Waals surface area contributed by atoms with E-state index in [4.69, 9.17) is 5.11 Å². The molecule has 0 unspecified atom stereocenters. The first-order valence-electron chi connectivity index (χ1n) is 4.89. The van der Waals surface area contributed by atoms with E-state index < -0.39 is 12.0 Å². The zero-order valence-corrected chi connectivity index (χ0v) is 10.3. The number of hydrogen-bond acceptors (Lipinski definition) is 3. The highest BCUT2D eigenvalue weighted by Crippen LogP contribution is 2.26. The molecule has 1 aromatic rings. The Morgan fingerprint density at radius 3 is 2.69 bits per heavy atom. The maximum atomic E-state index is 11.1. The van der Waals surface area contributed by atoms with Gasteiger partial charge in [-0.15, -0.1) is 0 Å². The van der Waals surface area contributed by atoms with Gasteiger partial charge in [-0.2, -0.15) is 5.10 Å². The highest BCUT2D eigenvalue weighted by molar-refractivity contribution is 9.18. The van der Waals surface area contributed by atoms with Crippen LogP contribution in [0.1, 0.15) is 12.0 Å². The molecule has 16 heavy (non-hydrogen) atoms. The van der Waals surface area contributed by atoms with Gasteiger partial charge in [0, 0.05) is 6.42 Å². The van der Waals surface area contributed by atoms with Gasteiger partial charge in [-0.25, -0.2) is 4.79 Å². The van der Waals surface area contributed by atoms with Gasteiger partial charge in [-0.1, -0.05) is 17.7 Å². The predicted molar refractivity (Wildman–Crippen MR) is 66.1 cm³/mol. The number of carbonyl (C=O) groups is 1. The first-order valence-corrected chi connectivity index (χ1v) is 5.69. The molecule has 0 radical (unpaired) electrons. The maximum Gasteiger partial charge on any atom is 0.328 e. The minimum Gasteiger partial charge on any atom is -0.480 e. The normalized spacial score (nSPS) is 19.8. The zero-order valence-electron chi connectivity index (χ0n) is 8.72. The minimum atomic E-state index is -0.862. The molecule has 4 nitrogen and oxygen atoms in total.